The Labute approximate surface area is 163 Å². The molecule has 2 aromatic carbocycles. The first-order chi connectivity index (χ1) is 13.4. The van der Waals surface area contributed by atoms with Gasteiger partial charge in [-0.25, -0.2) is 9.59 Å². The third kappa shape index (κ3) is 4.68. The SMILES string of the molecule is Cc1ccccc1NC(=O)Nc1ccc(CC(=O)N2CCC[C@H]2C(=O)O)cc1. The lowest BCUT2D eigenvalue weighted by molar-refractivity contribution is -0.148. The zero-order valence-corrected chi connectivity index (χ0v) is 15.6. The van der Waals surface area contributed by atoms with Crippen LogP contribution in [-0.2, 0) is 16.0 Å². The van der Waals surface area contributed by atoms with Crippen molar-refractivity contribution in [3.8, 4) is 0 Å². The van der Waals surface area contributed by atoms with Crippen LogP contribution >= 0.6 is 0 Å². The zero-order valence-electron chi connectivity index (χ0n) is 15.6. The molecule has 0 saturated carbocycles. The molecule has 1 fully saturated rings. The Kier molecular flexibility index (Phi) is 5.93. The summed E-state index contributed by atoms with van der Waals surface area (Å²) in [7, 11) is 0. The van der Waals surface area contributed by atoms with Gasteiger partial charge >= 0.3 is 12.0 Å². The summed E-state index contributed by atoms with van der Waals surface area (Å²) in [6.07, 6.45) is 1.35. The Morgan fingerprint density at radius 3 is 2.46 bits per heavy atom. The monoisotopic (exact) mass is 381 g/mol. The molecule has 146 valence electrons. The molecular weight excluding hydrogens is 358 g/mol. The smallest absolute Gasteiger partial charge is 0.326 e. The minimum atomic E-state index is -0.954. The lowest BCUT2D eigenvalue weighted by atomic mass is 10.1. The van der Waals surface area contributed by atoms with Crippen molar-refractivity contribution in [2.45, 2.75) is 32.2 Å². The Hall–Kier alpha value is -3.35. The van der Waals surface area contributed by atoms with Crippen LogP contribution < -0.4 is 10.6 Å². The molecule has 3 amide bonds. The number of urea groups is 1. The minimum Gasteiger partial charge on any atom is -0.480 e. The van der Waals surface area contributed by atoms with Crippen LogP contribution in [0.3, 0.4) is 0 Å². The third-order valence-corrected chi connectivity index (χ3v) is 4.82. The highest BCUT2D eigenvalue weighted by Gasteiger charge is 2.33. The van der Waals surface area contributed by atoms with Crippen molar-refractivity contribution in [3.05, 3.63) is 59.7 Å². The van der Waals surface area contributed by atoms with Gasteiger partial charge in [0.15, 0.2) is 0 Å². The molecule has 1 aliphatic heterocycles. The quantitative estimate of drug-likeness (QED) is 0.740. The molecule has 28 heavy (non-hydrogen) atoms. The van der Waals surface area contributed by atoms with E-state index in [1.165, 1.54) is 4.90 Å². The fourth-order valence-corrected chi connectivity index (χ4v) is 3.30. The second-order valence-electron chi connectivity index (χ2n) is 6.85. The summed E-state index contributed by atoms with van der Waals surface area (Å²) in [4.78, 5) is 37.2. The van der Waals surface area contributed by atoms with E-state index < -0.39 is 12.0 Å². The second kappa shape index (κ2) is 8.56. The number of nitrogens with zero attached hydrogens (tertiary/aromatic N) is 1. The van der Waals surface area contributed by atoms with Gasteiger partial charge in [0.25, 0.3) is 0 Å². The van der Waals surface area contributed by atoms with Gasteiger partial charge in [-0.05, 0) is 49.1 Å². The predicted molar refractivity (Wildman–Crippen MR) is 106 cm³/mol. The molecule has 3 N–H and O–H groups in total. The molecule has 0 radical (unpaired) electrons. The molecule has 2 aromatic rings. The highest BCUT2D eigenvalue weighted by molar-refractivity contribution is 6.00. The van der Waals surface area contributed by atoms with E-state index >= 15 is 0 Å². The fourth-order valence-electron chi connectivity index (χ4n) is 3.30. The molecule has 0 spiro atoms. The van der Waals surface area contributed by atoms with E-state index in [4.69, 9.17) is 0 Å². The van der Waals surface area contributed by atoms with E-state index in [0.29, 0.717) is 25.1 Å². The number of carboxylic acids is 1. The molecular formula is C21H23N3O4. The molecule has 0 unspecified atom stereocenters. The highest BCUT2D eigenvalue weighted by atomic mass is 16.4. The summed E-state index contributed by atoms with van der Waals surface area (Å²) < 4.78 is 0. The van der Waals surface area contributed by atoms with Crippen molar-refractivity contribution < 1.29 is 19.5 Å². The van der Waals surface area contributed by atoms with Crippen molar-refractivity contribution >= 4 is 29.3 Å². The average Bonchev–Trinajstić information content (AvgIpc) is 3.15. The second-order valence-corrected chi connectivity index (χ2v) is 6.85. The number of hydrogen-bond acceptors (Lipinski definition) is 3. The first-order valence-electron chi connectivity index (χ1n) is 9.19. The van der Waals surface area contributed by atoms with Gasteiger partial charge in [0.2, 0.25) is 5.91 Å². The minimum absolute atomic E-state index is 0.138. The van der Waals surface area contributed by atoms with Gasteiger partial charge in [0, 0.05) is 17.9 Å². The maximum Gasteiger partial charge on any atom is 0.326 e. The fraction of sp³-hybridized carbons (Fsp3) is 0.286. The Balaban J connectivity index is 1.56. The van der Waals surface area contributed by atoms with Gasteiger partial charge in [-0.1, -0.05) is 30.3 Å². The van der Waals surface area contributed by atoms with Gasteiger partial charge < -0.3 is 20.6 Å². The van der Waals surface area contributed by atoms with Crippen LogP contribution in [0.2, 0.25) is 0 Å². The number of benzene rings is 2. The average molecular weight is 381 g/mol. The largest absolute Gasteiger partial charge is 0.480 e. The molecule has 1 aliphatic rings. The van der Waals surface area contributed by atoms with Crippen molar-refractivity contribution in [2.24, 2.45) is 0 Å². The normalized spacial score (nSPS) is 15.9. The van der Waals surface area contributed by atoms with Crippen molar-refractivity contribution in [3.63, 3.8) is 0 Å². The molecule has 0 aliphatic carbocycles. The van der Waals surface area contributed by atoms with Crippen molar-refractivity contribution in [1.29, 1.82) is 0 Å². The number of anilines is 2. The summed E-state index contributed by atoms with van der Waals surface area (Å²) in [6, 6.07) is 13.4. The van der Waals surface area contributed by atoms with E-state index in [9.17, 15) is 19.5 Å². The maximum atomic E-state index is 12.4. The summed E-state index contributed by atoms with van der Waals surface area (Å²) >= 11 is 0. The van der Waals surface area contributed by atoms with E-state index in [1.54, 1.807) is 24.3 Å². The topological polar surface area (TPSA) is 98.7 Å². The number of para-hydroxylation sites is 1. The number of carbonyl (C=O) groups excluding carboxylic acids is 2. The van der Waals surface area contributed by atoms with Crippen LogP contribution in [0.15, 0.2) is 48.5 Å². The molecule has 1 atom stereocenters. The maximum absolute atomic E-state index is 12.4. The number of hydrogen-bond donors (Lipinski definition) is 3. The summed E-state index contributed by atoms with van der Waals surface area (Å²) in [5.41, 5.74) is 3.08. The first-order valence-corrected chi connectivity index (χ1v) is 9.19. The molecule has 7 heteroatoms. The lowest BCUT2D eigenvalue weighted by Crippen LogP contribution is -2.41. The molecule has 1 heterocycles. The van der Waals surface area contributed by atoms with Gasteiger partial charge in [-0.3, -0.25) is 4.79 Å². The predicted octanol–water partition coefficient (Wildman–Crippen LogP) is 3.26. The summed E-state index contributed by atoms with van der Waals surface area (Å²) in [5.74, 6) is -1.15. The van der Waals surface area contributed by atoms with Crippen LogP contribution in [0, 0.1) is 6.92 Å². The van der Waals surface area contributed by atoms with Crippen molar-refractivity contribution in [2.75, 3.05) is 17.2 Å². The van der Waals surface area contributed by atoms with Gasteiger partial charge in [0.05, 0.1) is 6.42 Å². The van der Waals surface area contributed by atoms with Crippen LogP contribution in [0.4, 0.5) is 16.2 Å². The number of likely N-dealkylation sites (tertiary alicyclic amines) is 1. The molecule has 0 aromatic heterocycles. The van der Waals surface area contributed by atoms with Gasteiger partial charge in [0.1, 0.15) is 6.04 Å². The number of rotatable bonds is 5. The Morgan fingerprint density at radius 2 is 1.79 bits per heavy atom. The standard InChI is InChI=1S/C21H23N3O4/c1-14-5-2-3-6-17(14)23-21(28)22-16-10-8-15(9-11-16)13-19(25)24-12-4-7-18(24)20(26)27/h2-3,5-6,8-11,18H,4,7,12-13H2,1H3,(H,26,27)(H2,22,23,28)/t18-/m0/s1. The van der Waals surface area contributed by atoms with Crippen LogP contribution in [0.5, 0.6) is 0 Å². The number of carbonyl (C=O) groups is 3. The van der Waals surface area contributed by atoms with Crippen LogP contribution in [0.1, 0.15) is 24.0 Å². The summed E-state index contributed by atoms with van der Waals surface area (Å²) in [6.45, 7) is 2.39. The Morgan fingerprint density at radius 1 is 1.07 bits per heavy atom. The van der Waals surface area contributed by atoms with Gasteiger partial charge in [-0.15, -0.1) is 0 Å². The number of amides is 3. The first kappa shape index (κ1) is 19.4. The molecule has 0 bridgehead atoms. The molecule has 1 saturated heterocycles. The number of carboxylic acid groups (broad SMARTS) is 1. The van der Waals surface area contributed by atoms with Crippen LogP contribution in [0.25, 0.3) is 0 Å². The molecule has 7 nitrogen and oxygen atoms in total. The molecule has 3 rings (SSSR count). The zero-order chi connectivity index (χ0) is 20.1. The number of aliphatic carboxylic acids is 1. The number of nitrogens with one attached hydrogen (secondary N) is 2. The summed E-state index contributed by atoms with van der Waals surface area (Å²) in [5, 5.41) is 14.7. The van der Waals surface area contributed by atoms with Crippen LogP contribution in [-0.4, -0.2) is 40.5 Å². The van der Waals surface area contributed by atoms with E-state index in [0.717, 1.165) is 16.8 Å². The van der Waals surface area contributed by atoms with E-state index in [2.05, 4.69) is 10.6 Å². The Bertz CT molecular complexity index is 879. The van der Waals surface area contributed by atoms with Crippen molar-refractivity contribution in [1.82, 2.24) is 4.90 Å². The third-order valence-electron chi connectivity index (χ3n) is 4.82. The lowest BCUT2D eigenvalue weighted by Gasteiger charge is -2.21. The highest BCUT2D eigenvalue weighted by Crippen LogP contribution is 2.20. The van der Waals surface area contributed by atoms with E-state index in [1.807, 2.05) is 31.2 Å². The van der Waals surface area contributed by atoms with Gasteiger partial charge in [-0.2, -0.15) is 0 Å². The number of aryl methyl sites for hydroxylation is 1. The van der Waals surface area contributed by atoms with E-state index in [-0.39, 0.29) is 18.4 Å².